The first-order chi connectivity index (χ1) is 8.63. The molecule has 0 amide bonds. The highest BCUT2D eigenvalue weighted by molar-refractivity contribution is 7.16. The summed E-state index contributed by atoms with van der Waals surface area (Å²) in [5.74, 6) is -1.14. The Morgan fingerprint density at radius 1 is 1.33 bits per heavy atom. The number of aromatic nitrogens is 1. The first-order valence-electron chi connectivity index (χ1n) is 5.83. The maximum Gasteiger partial charge on any atom is 0.183 e. The molecule has 2 aromatic rings. The van der Waals surface area contributed by atoms with E-state index in [0.717, 1.165) is 16.1 Å². The van der Waals surface area contributed by atoms with E-state index in [1.165, 1.54) is 36.3 Å². The van der Waals surface area contributed by atoms with Crippen molar-refractivity contribution in [1.29, 1.82) is 0 Å². The van der Waals surface area contributed by atoms with Crippen LogP contribution in [0, 0.1) is 18.6 Å². The van der Waals surface area contributed by atoms with Crippen LogP contribution < -0.4 is 5.32 Å². The summed E-state index contributed by atoms with van der Waals surface area (Å²) < 4.78 is 26.6. The fourth-order valence-electron chi connectivity index (χ4n) is 1.79. The fraction of sp³-hybridized carbons (Fsp3) is 0.308. The van der Waals surface area contributed by atoms with Gasteiger partial charge in [-0.2, -0.15) is 0 Å². The lowest BCUT2D eigenvalue weighted by Crippen LogP contribution is -1.99. The normalized spacial score (nSPS) is 14.8. The highest BCUT2D eigenvalue weighted by atomic mass is 32.1. The first-order valence-corrected chi connectivity index (χ1v) is 6.64. The molecule has 1 saturated carbocycles. The quantitative estimate of drug-likeness (QED) is 0.909. The minimum absolute atomic E-state index is 0.356. The van der Waals surface area contributed by atoms with Crippen molar-refractivity contribution in [2.75, 3.05) is 5.32 Å². The van der Waals surface area contributed by atoms with E-state index in [9.17, 15) is 8.78 Å². The molecule has 1 aromatic carbocycles. The summed E-state index contributed by atoms with van der Waals surface area (Å²) in [6, 6.07) is 4.10. The molecule has 3 rings (SSSR count). The van der Waals surface area contributed by atoms with Crippen molar-refractivity contribution in [2.24, 2.45) is 0 Å². The zero-order valence-corrected chi connectivity index (χ0v) is 10.7. The number of hydrogen-bond donors (Lipinski definition) is 1. The Morgan fingerprint density at radius 2 is 2.11 bits per heavy atom. The van der Waals surface area contributed by atoms with Crippen molar-refractivity contribution in [1.82, 2.24) is 4.98 Å². The van der Waals surface area contributed by atoms with Crippen LogP contribution in [0.25, 0.3) is 11.3 Å². The van der Waals surface area contributed by atoms with Crippen LogP contribution in [0.4, 0.5) is 13.9 Å². The number of anilines is 1. The van der Waals surface area contributed by atoms with E-state index in [4.69, 9.17) is 0 Å². The van der Waals surface area contributed by atoms with Crippen LogP contribution in [0.3, 0.4) is 0 Å². The summed E-state index contributed by atoms with van der Waals surface area (Å²) in [5.41, 5.74) is 0.953. The molecule has 1 aliphatic carbocycles. The molecule has 0 saturated heterocycles. The van der Waals surface area contributed by atoms with Crippen molar-refractivity contribution < 1.29 is 8.78 Å². The lowest BCUT2D eigenvalue weighted by atomic mass is 10.1. The van der Waals surface area contributed by atoms with E-state index in [1.54, 1.807) is 0 Å². The maximum atomic E-state index is 13.7. The molecule has 1 heterocycles. The number of thiazole rings is 1. The molecule has 1 aliphatic rings. The summed E-state index contributed by atoms with van der Waals surface area (Å²) >= 11 is 1.51. The molecule has 0 aliphatic heterocycles. The Morgan fingerprint density at radius 3 is 2.78 bits per heavy atom. The van der Waals surface area contributed by atoms with Crippen LogP contribution in [0.2, 0.25) is 0 Å². The molecule has 1 fully saturated rings. The molecule has 94 valence electrons. The zero-order valence-electron chi connectivity index (χ0n) is 9.84. The molecule has 0 atom stereocenters. The Labute approximate surface area is 108 Å². The number of nitrogens with one attached hydrogen (secondary N) is 1. The van der Waals surface area contributed by atoms with Gasteiger partial charge in [0.05, 0.1) is 5.69 Å². The van der Waals surface area contributed by atoms with Crippen molar-refractivity contribution >= 4 is 16.5 Å². The van der Waals surface area contributed by atoms with Gasteiger partial charge in [-0.15, -0.1) is 11.3 Å². The summed E-state index contributed by atoms with van der Waals surface area (Å²) in [6.45, 7) is 1.90. The van der Waals surface area contributed by atoms with Crippen LogP contribution in [0.1, 0.15) is 17.7 Å². The van der Waals surface area contributed by atoms with Crippen molar-refractivity contribution in [3.05, 3.63) is 34.7 Å². The van der Waals surface area contributed by atoms with Crippen LogP contribution in [-0.4, -0.2) is 11.0 Å². The predicted octanol–water partition coefficient (Wildman–Crippen LogP) is 3.97. The van der Waals surface area contributed by atoms with Crippen LogP contribution >= 0.6 is 11.3 Å². The van der Waals surface area contributed by atoms with E-state index >= 15 is 0 Å². The number of benzene rings is 1. The van der Waals surface area contributed by atoms with Crippen molar-refractivity contribution in [2.45, 2.75) is 25.8 Å². The molecular formula is C13H12F2N2S. The molecule has 1 N–H and O–H groups in total. The van der Waals surface area contributed by atoms with Gasteiger partial charge < -0.3 is 5.32 Å². The number of halogens is 2. The standard InChI is InChI=1S/C13H12F2N2S/c1-7-12(10-5-2-8(14)6-11(10)15)17-13(18-7)16-9-3-4-9/h2,5-6,9H,3-4H2,1H3,(H,16,17). The Bertz CT molecular complexity index is 591. The summed E-state index contributed by atoms with van der Waals surface area (Å²) in [6.07, 6.45) is 2.33. The Hall–Kier alpha value is -1.49. The van der Waals surface area contributed by atoms with Gasteiger partial charge in [0, 0.05) is 22.5 Å². The zero-order chi connectivity index (χ0) is 12.7. The molecule has 0 bridgehead atoms. The van der Waals surface area contributed by atoms with Gasteiger partial charge in [-0.3, -0.25) is 0 Å². The molecule has 2 nitrogen and oxygen atoms in total. The van der Waals surface area contributed by atoms with Crippen molar-refractivity contribution in [3.8, 4) is 11.3 Å². The number of hydrogen-bond acceptors (Lipinski definition) is 3. The van der Waals surface area contributed by atoms with Crippen LogP contribution in [-0.2, 0) is 0 Å². The number of rotatable bonds is 3. The van der Waals surface area contributed by atoms with E-state index in [2.05, 4.69) is 10.3 Å². The predicted molar refractivity (Wildman–Crippen MR) is 68.8 cm³/mol. The minimum Gasteiger partial charge on any atom is -0.359 e. The highest BCUT2D eigenvalue weighted by Gasteiger charge is 2.23. The summed E-state index contributed by atoms with van der Waals surface area (Å²) in [7, 11) is 0. The first kappa shape index (κ1) is 11.6. The van der Waals surface area contributed by atoms with E-state index in [0.29, 0.717) is 17.3 Å². The molecule has 5 heteroatoms. The highest BCUT2D eigenvalue weighted by Crippen LogP contribution is 2.34. The van der Waals surface area contributed by atoms with Gasteiger partial charge in [-0.05, 0) is 31.9 Å². The average molecular weight is 266 g/mol. The third-order valence-electron chi connectivity index (χ3n) is 2.89. The second kappa shape index (κ2) is 4.31. The SMILES string of the molecule is Cc1sc(NC2CC2)nc1-c1ccc(F)cc1F. The summed E-state index contributed by atoms with van der Waals surface area (Å²) in [5, 5.41) is 4.10. The lowest BCUT2D eigenvalue weighted by molar-refractivity contribution is 0.585. The smallest absolute Gasteiger partial charge is 0.183 e. The largest absolute Gasteiger partial charge is 0.359 e. The van der Waals surface area contributed by atoms with Crippen molar-refractivity contribution in [3.63, 3.8) is 0 Å². The lowest BCUT2D eigenvalue weighted by Gasteiger charge is -2.01. The van der Waals surface area contributed by atoms with E-state index < -0.39 is 11.6 Å². The van der Waals surface area contributed by atoms with E-state index in [1.807, 2.05) is 6.92 Å². The van der Waals surface area contributed by atoms with Crippen LogP contribution in [0.5, 0.6) is 0 Å². The molecule has 18 heavy (non-hydrogen) atoms. The van der Waals surface area contributed by atoms with Gasteiger partial charge in [0.25, 0.3) is 0 Å². The second-order valence-corrected chi connectivity index (χ2v) is 5.67. The number of aryl methyl sites for hydroxylation is 1. The summed E-state index contributed by atoms with van der Waals surface area (Å²) in [4.78, 5) is 5.33. The second-order valence-electron chi connectivity index (χ2n) is 4.47. The fourth-order valence-corrected chi connectivity index (χ4v) is 2.70. The molecule has 0 unspecified atom stereocenters. The third-order valence-corrected chi connectivity index (χ3v) is 3.79. The topological polar surface area (TPSA) is 24.9 Å². The van der Waals surface area contributed by atoms with Gasteiger partial charge in [0.1, 0.15) is 11.6 Å². The average Bonchev–Trinajstić information content (AvgIpc) is 3.03. The van der Waals surface area contributed by atoms with Gasteiger partial charge in [0.15, 0.2) is 5.13 Å². The third kappa shape index (κ3) is 2.22. The molecule has 1 aromatic heterocycles. The van der Waals surface area contributed by atoms with Crippen LogP contribution in [0.15, 0.2) is 18.2 Å². The Balaban J connectivity index is 1.96. The van der Waals surface area contributed by atoms with Gasteiger partial charge in [-0.1, -0.05) is 0 Å². The monoisotopic (exact) mass is 266 g/mol. The van der Waals surface area contributed by atoms with Gasteiger partial charge in [-0.25, -0.2) is 13.8 Å². The molecule has 0 spiro atoms. The van der Waals surface area contributed by atoms with E-state index in [-0.39, 0.29) is 0 Å². The number of nitrogens with zero attached hydrogens (tertiary/aromatic N) is 1. The van der Waals surface area contributed by atoms with Gasteiger partial charge in [0.2, 0.25) is 0 Å². The Kier molecular flexibility index (Phi) is 2.78. The maximum absolute atomic E-state index is 13.7. The molecule has 0 radical (unpaired) electrons. The van der Waals surface area contributed by atoms with Gasteiger partial charge >= 0.3 is 0 Å². The minimum atomic E-state index is -0.569. The molecular weight excluding hydrogens is 254 g/mol.